The van der Waals surface area contributed by atoms with Crippen LogP contribution in [0.15, 0.2) is 42.5 Å². The molecule has 2 aromatic carbocycles. The van der Waals surface area contributed by atoms with Gasteiger partial charge in [0.15, 0.2) is 0 Å². The van der Waals surface area contributed by atoms with Gasteiger partial charge in [-0.25, -0.2) is 0 Å². The molecular weight excluding hydrogens is 237 g/mol. The Morgan fingerprint density at radius 2 is 1.56 bits per heavy atom. The van der Waals surface area contributed by atoms with E-state index in [-0.39, 0.29) is 0 Å². The van der Waals surface area contributed by atoms with E-state index < -0.39 is 11.7 Å². The van der Waals surface area contributed by atoms with Crippen LogP contribution in [0.2, 0.25) is 0 Å². The Morgan fingerprint density at radius 1 is 0.889 bits per heavy atom. The highest BCUT2D eigenvalue weighted by Gasteiger charge is 2.30. The molecule has 0 aromatic heterocycles. The predicted octanol–water partition coefficient (Wildman–Crippen LogP) is 4.99. The van der Waals surface area contributed by atoms with E-state index in [0.29, 0.717) is 5.56 Å². The molecule has 0 bridgehead atoms. The Labute approximate surface area is 104 Å². The highest BCUT2D eigenvalue weighted by Crippen LogP contribution is 2.33. The van der Waals surface area contributed by atoms with Crippen LogP contribution >= 0.6 is 0 Å². The molecule has 18 heavy (non-hydrogen) atoms. The molecule has 2 rings (SSSR count). The van der Waals surface area contributed by atoms with Crippen LogP contribution in [-0.4, -0.2) is 0 Å². The summed E-state index contributed by atoms with van der Waals surface area (Å²) in [6, 6.07) is 11.1. The first-order valence-electron chi connectivity index (χ1n) is 5.63. The molecular formula is C15H13F3. The third-order valence-electron chi connectivity index (χ3n) is 3.11. The fourth-order valence-electron chi connectivity index (χ4n) is 1.93. The Hall–Kier alpha value is -1.77. The van der Waals surface area contributed by atoms with E-state index in [1.165, 1.54) is 12.1 Å². The van der Waals surface area contributed by atoms with Crippen LogP contribution in [-0.2, 0) is 6.18 Å². The fraction of sp³-hybridized carbons (Fsp3) is 0.200. The summed E-state index contributed by atoms with van der Waals surface area (Å²) in [6.07, 6.45) is -4.30. The molecule has 0 aliphatic heterocycles. The van der Waals surface area contributed by atoms with Crippen molar-refractivity contribution in [2.75, 3.05) is 0 Å². The molecule has 2 aromatic rings. The Morgan fingerprint density at radius 3 is 2.22 bits per heavy atom. The normalized spacial score (nSPS) is 11.6. The second-order valence-electron chi connectivity index (χ2n) is 4.33. The van der Waals surface area contributed by atoms with Gasteiger partial charge in [0.2, 0.25) is 0 Å². The van der Waals surface area contributed by atoms with Crippen molar-refractivity contribution < 1.29 is 13.2 Å². The number of alkyl halides is 3. The lowest BCUT2D eigenvalue weighted by Crippen LogP contribution is -2.04. The van der Waals surface area contributed by atoms with Gasteiger partial charge in [-0.05, 0) is 48.2 Å². The maximum absolute atomic E-state index is 12.7. The number of aryl methyl sites for hydroxylation is 1. The predicted molar refractivity (Wildman–Crippen MR) is 66.4 cm³/mol. The van der Waals surface area contributed by atoms with Crippen molar-refractivity contribution in [1.29, 1.82) is 0 Å². The van der Waals surface area contributed by atoms with Crippen molar-refractivity contribution in [3.63, 3.8) is 0 Å². The summed E-state index contributed by atoms with van der Waals surface area (Å²) in [5, 5.41) is 0. The number of hydrogen-bond acceptors (Lipinski definition) is 0. The van der Waals surface area contributed by atoms with Crippen LogP contribution in [0.5, 0.6) is 0 Å². The van der Waals surface area contributed by atoms with Gasteiger partial charge in [-0.2, -0.15) is 13.2 Å². The molecule has 0 radical (unpaired) electrons. The zero-order valence-corrected chi connectivity index (χ0v) is 10.2. The van der Waals surface area contributed by atoms with Crippen LogP contribution in [0.25, 0.3) is 11.1 Å². The van der Waals surface area contributed by atoms with Crippen molar-refractivity contribution in [2.45, 2.75) is 20.0 Å². The topological polar surface area (TPSA) is 0 Å². The molecule has 0 saturated carbocycles. The summed E-state index contributed by atoms with van der Waals surface area (Å²) < 4.78 is 38.0. The lowest BCUT2D eigenvalue weighted by Gasteiger charge is -2.11. The van der Waals surface area contributed by atoms with E-state index in [2.05, 4.69) is 0 Å². The summed E-state index contributed by atoms with van der Waals surface area (Å²) in [6.45, 7) is 3.87. The molecule has 0 saturated heterocycles. The van der Waals surface area contributed by atoms with Gasteiger partial charge in [0, 0.05) is 0 Å². The third kappa shape index (κ3) is 2.40. The van der Waals surface area contributed by atoms with Gasteiger partial charge in [-0.3, -0.25) is 0 Å². The number of hydrogen-bond donors (Lipinski definition) is 0. The minimum Gasteiger partial charge on any atom is -0.166 e. The minimum absolute atomic E-state index is 0.603. The minimum atomic E-state index is -4.30. The van der Waals surface area contributed by atoms with Crippen LogP contribution < -0.4 is 0 Å². The average Bonchev–Trinajstić information content (AvgIpc) is 2.32. The molecule has 0 N–H and O–H groups in total. The van der Waals surface area contributed by atoms with Gasteiger partial charge >= 0.3 is 6.18 Å². The van der Waals surface area contributed by atoms with Crippen molar-refractivity contribution in [2.24, 2.45) is 0 Å². The summed E-state index contributed by atoms with van der Waals surface area (Å²) in [7, 11) is 0. The van der Waals surface area contributed by atoms with Crippen LogP contribution in [0.1, 0.15) is 16.7 Å². The molecule has 0 aliphatic rings. The first-order valence-corrected chi connectivity index (χ1v) is 5.63. The van der Waals surface area contributed by atoms with Gasteiger partial charge in [0.05, 0.1) is 5.56 Å². The van der Waals surface area contributed by atoms with Gasteiger partial charge in [-0.15, -0.1) is 0 Å². The monoisotopic (exact) mass is 250 g/mol. The molecule has 0 unspecified atom stereocenters. The van der Waals surface area contributed by atoms with E-state index in [0.717, 1.165) is 22.8 Å². The smallest absolute Gasteiger partial charge is 0.166 e. The van der Waals surface area contributed by atoms with Crippen molar-refractivity contribution >= 4 is 0 Å². The molecule has 0 amide bonds. The molecule has 0 nitrogen and oxygen atoms in total. The largest absolute Gasteiger partial charge is 0.416 e. The Kier molecular flexibility index (Phi) is 3.16. The quantitative estimate of drug-likeness (QED) is 0.669. The Bertz CT molecular complexity index is 568. The average molecular weight is 250 g/mol. The maximum atomic E-state index is 12.7. The first kappa shape index (κ1) is 12.7. The van der Waals surface area contributed by atoms with Crippen LogP contribution in [0, 0.1) is 13.8 Å². The van der Waals surface area contributed by atoms with E-state index in [9.17, 15) is 13.2 Å². The molecule has 0 fully saturated rings. The number of benzene rings is 2. The SMILES string of the molecule is Cc1cccc(-c2cccc(C(F)(F)F)c2)c1C. The standard InChI is InChI=1S/C15H13F3/c1-10-5-3-8-14(11(10)2)12-6-4-7-13(9-12)15(16,17)18/h3-9H,1-2H3. The zero-order valence-electron chi connectivity index (χ0n) is 10.2. The first-order chi connectivity index (χ1) is 8.39. The summed E-state index contributed by atoms with van der Waals surface area (Å²) in [5.41, 5.74) is 2.93. The van der Waals surface area contributed by atoms with E-state index in [1.54, 1.807) is 6.07 Å². The van der Waals surface area contributed by atoms with Crippen molar-refractivity contribution in [3.8, 4) is 11.1 Å². The van der Waals surface area contributed by atoms with Gasteiger partial charge in [-0.1, -0.05) is 30.3 Å². The highest BCUT2D eigenvalue weighted by atomic mass is 19.4. The van der Waals surface area contributed by atoms with Gasteiger partial charge in [0.1, 0.15) is 0 Å². The lowest BCUT2D eigenvalue weighted by atomic mass is 9.96. The van der Waals surface area contributed by atoms with Crippen LogP contribution in [0.3, 0.4) is 0 Å². The van der Waals surface area contributed by atoms with Gasteiger partial charge in [0.25, 0.3) is 0 Å². The summed E-state index contributed by atoms with van der Waals surface area (Å²) in [5.74, 6) is 0. The second kappa shape index (κ2) is 4.48. The summed E-state index contributed by atoms with van der Waals surface area (Å²) in [4.78, 5) is 0. The summed E-state index contributed by atoms with van der Waals surface area (Å²) >= 11 is 0. The molecule has 0 spiro atoms. The second-order valence-corrected chi connectivity index (χ2v) is 4.33. The number of halogens is 3. The highest BCUT2D eigenvalue weighted by molar-refractivity contribution is 5.69. The zero-order chi connectivity index (χ0) is 13.3. The lowest BCUT2D eigenvalue weighted by molar-refractivity contribution is -0.137. The molecule has 94 valence electrons. The molecule has 0 heterocycles. The third-order valence-corrected chi connectivity index (χ3v) is 3.11. The van der Waals surface area contributed by atoms with Crippen molar-refractivity contribution in [3.05, 3.63) is 59.2 Å². The van der Waals surface area contributed by atoms with Crippen LogP contribution in [0.4, 0.5) is 13.2 Å². The van der Waals surface area contributed by atoms with E-state index in [1.807, 2.05) is 32.0 Å². The van der Waals surface area contributed by atoms with Gasteiger partial charge < -0.3 is 0 Å². The van der Waals surface area contributed by atoms with E-state index in [4.69, 9.17) is 0 Å². The van der Waals surface area contributed by atoms with E-state index >= 15 is 0 Å². The maximum Gasteiger partial charge on any atom is 0.416 e. The molecule has 0 atom stereocenters. The molecule has 0 aliphatic carbocycles. The fourth-order valence-corrected chi connectivity index (χ4v) is 1.93. The molecule has 3 heteroatoms. The Balaban J connectivity index is 2.55. The van der Waals surface area contributed by atoms with Crippen molar-refractivity contribution in [1.82, 2.24) is 0 Å². The number of rotatable bonds is 1.